The van der Waals surface area contributed by atoms with Crippen molar-refractivity contribution >= 4 is 5.82 Å². The Morgan fingerprint density at radius 3 is 2.89 bits per heavy atom. The fraction of sp³-hybridized carbons (Fsp3) is 0.667. The van der Waals surface area contributed by atoms with Crippen LogP contribution in [0.4, 0.5) is 5.82 Å². The summed E-state index contributed by atoms with van der Waals surface area (Å²) in [4.78, 5) is 4.31. The van der Waals surface area contributed by atoms with Crippen molar-refractivity contribution in [2.45, 2.75) is 51.2 Å². The van der Waals surface area contributed by atoms with Crippen LogP contribution in [0.5, 0.6) is 0 Å². The van der Waals surface area contributed by atoms with Gasteiger partial charge in [0, 0.05) is 25.4 Å². The maximum atomic E-state index is 5.88. The first-order valence-electron chi connectivity index (χ1n) is 7.28. The molecule has 1 heterocycles. The third-order valence-corrected chi connectivity index (χ3v) is 3.70. The molecule has 0 atom stereocenters. The first kappa shape index (κ1) is 14.3. The minimum absolute atomic E-state index is 0.397. The van der Waals surface area contributed by atoms with Gasteiger partial charge in [0.2, 0.25) is 0 Å². The van der Waals surface area contributed by atoms with Gasteiger partial charge in [-0.15, -0.1) is 0 Å². The van der Waals surface area contributed by atoms with Gasteiger partial charge in [-0.2, -0.15) is 0 Å². The Morgan fingerprint density at radius 2 is 2.16 bits per heavy atom. The minimum Gasteiger partial charge on any atom is -0.378 e. The van der Waals surface area contributed by atoms with Crippen molar-refractivity contribution in [3.8, 4) is 0 Å². The lowest BCUT2D eigenvalue weighted by atomic mass is 9.94. The molecule has 0 saturated heterocycles. The van der Waals surface area contributed by atoms with Crippen molar-refractivity contribution in [3.05, 3.63) is 23.9 Å². The average molecular weight is 263 g/mol. The van der Waals surface area contributed by atoms with Crippen LogP contribution in [0.1, 0.15) is 37.7 Å². The second kappa shape index (κ2) is 7.46. The molecule has 1 fully saturated rings. The van der Waals surface area contributed by atoms with E-state index in [-0.39, 0.29) is 0 Å². The summed E-state index contributed by atoms with van der Waals surface area (Å²) in [7, 11) is 0. The summed E-state index contributed by atoms with van der Waals surface area (Å²) in [5, 5.41) is 3.35. The van der Waals surface area contributed by atoms with E-state index in [1.165, 1.54) is 5.56 Å². The van der Waals surface area contributed by atoms with Crippen molar-refractivity contribution in [2.75, 3.05) is 18.5 Å². The van der Waals surface area contributed by atoms with Crippen LogP contribution in [0.25, 0.3) is 0 Å². The van der Waals surface area contributed by atoms with E-state index in [1.807, 2.05) is 12.3 Å². The van der Waals surface area contributed by atoms with Crippen LogP contribution in [0, 0.1) is 6.92 Å². The van der Waals surface area contributed by atoms with Gasteiger partial charge < -0.3 is 15.8 Å². The zero-order chi connectivity index (χ0) is 13.5. The molecule has 0 radical (unpaired) electrons. The standard InChI is InChI=1S/C15H25N3O/c1-12-4-2-9-17-15(12)18-10-3-11-19-14-7-5-13(16)6-8-14/h2,4,9,13-14H,3,5-8,10-11,16H2,1H3,(H,17,18). The SMILES string of the molecule is Cc1cccnc1NCCCOC1CCC(N)CC1. The summed E-state index contributed by atoms with van der Waals surface area (Å²) < 4.78 is 5.88. The summed E-state index contributed by atoms with van der Waals surface area (Å²) in [6.45, 7) is 3.79. The molecule has 1 aliphatic carbocycles. The Balaban J connectivity index is 1.56. The van der Waals surface area contributed by atoms with Gasteiger partial charge in [0.05, 0.1) is 6.10 Å². The number of pyridine rings is 1. The lowest BCUT2D eigenvalue weighted by Crippen LogP contribution is -2.30. The molecule has 1 saturated carbocycles. The van der Waals surface area contributed by atoms with E-state index >= 15 is 0 Å². The molecule has 4 nitrogen and oxygen atoms in total. The van der Waals surface area contributed by atoms with Crippen molar-refractivity contribution in [3.63, 3.8) is 0 Å². The molecule has 0 aliphatic heterocycles. The molecule has 2 rings (SSSR count). The Kier molecular flexibility index (Phi) is 5.61. The molecule has 0 spiro atoms. The molecule has 19 heavy (non-hydrogen) atoms. The predicted octanol–water partition coefficient (Wildman–Crippen LogP) is 2.48. The van der Waals surface area contributed by atoms with Crippen LogP contribution >= 0.6 is 0 Å². The van der Waals surface area contributed by atoms with Gasteiger partial charge in [0.25, 0.3) is 0 Å². The third kappa shape index (κ3) is 4.80. The summed E-state index contributed by atoms with van der Waals surface area (Å²) in [5.74, 6) is 0.978. The molecule has 0 amide bonds. The highest BCUT2D eigenvalue weighted by Gasteiger charge is 2.18. The predicted molar refractivity (Wildman–Crippen MR) is 78.3 cm³/mol. The molecule has 1 aromatic rings. The summed E-state index contributed by atoms with van der Waals surface area (Å²) >= 11 is 0. The number of hydrogen-bond donors (Lipinski definition) is 2. The van der Waals surface area contributed by atoms with Gasteiger partial charge in [0.15, 0.2) is 0 Å². The van der Waals surface area contributed by atoms with Crippen LogP contribution in [0.2, 0.25) is 0 Å². The molecule has 0 aromatic carbocycles. The molecular formula is C15H25N3O. The molecule has 3 N–H and O–H groups in total. The highest BCUT2D eigenvalue weighted by atomic mass is 16.5. The number of hydrogen-bond acceptors (Lipinski definition) is 4. The Hall–Kier alpha value is -1.13. The summed E-state index contributed by atoms with van der Waals surface area (Å²) in [5.41, 5.74) is 7.06. The summed E-state index contributed by atoms with van der Waals surface area (Å²) in [6, 6.07) is 4.42. The number of aromatic nitrogens is 1. The Bertz CT molecular complexity index is 375. The maximum absolute atomic E-state index is 5.88. The average Bonchev–Trinajstić information content (AvgIpc) is 2.42. The number of nitrogens with zero attached hydrogens (tertiary/aromatic N) is 1. The van der Waals surface area contributed by atoms with Crippen LogP contribution in [0.15, 0.2) is 18.3 Å². The van der Waals surface area contributed by atoms with Crippen LogP contribution in [-0.2, 0) is 4.74 Å². The van der Waals surface area contributed by atoms with E-state index in [0.717, 1.165) is 51.1 Å². The second-order valence-corrected chi connectivity index (χ2v) is 5.36. The molecule has 0 bridgehead atoms. The second-order valence-electron chi connectivity index (χ2n) is 5.36. The first-order valence-corrected chi connectivity index (χ1v) is 7.28. The molecular weight excluding hydrogens is 238 g/mol. The lowest BCUT2D eigenvalue weighted by molar-refractivity contribution is 0.0251. The van der Waals surface area contributed by atoms with Crippen molar-refractivity contribution < 1.29 is 4.74 Å². The van der Waals surface area contributed by atoms with E-state index in [1.54, 1.807) is 0 Å². The van der Waals surface area contributed by atoms with Gasteiger partial charge in [-0.3, -0.25) is 0 Å². The normalized spacial score (nSPS) is 23.3. The van der Waals surface area contributed by atoms with Gasteiger partial charge in [-0.25, -0.2) is 4.98 Å². The van der Waals surface area contributed by atoms with E-state index in [2.05, 4.69) is 23.3 Å². The number of nitrogens with one attached hydrogen (secondary N) is 1. The highest BCUT2D eigenvalue weighted by molar-refractivity contribution is 5.42. The first-order chi connectivity index (χ1) is 9.25. The van der Waals surface area contributed by atoms with E-state index in [9.17, 15) is 0 Å². The Morgan fingerprint density at radius 1 is 1.37 bits per heavy atom. The van der Waals surface area contributed by atoms with Crippen LogP contribution < -0.4 is 11.1 Å². The smallest absolute Gasteiger partial charge is 0.128 e. The summed E-state index contributed by atoms with van der Waals surface area (Å²) in [6.07, 6.45) is 7.71. The molecule has 106 valence electrons. The lowest BCUT2D eigenvalue weighted by Gasteiger charge is -2.26. The zero-order valence-electron chi connectivity index (χ0n) is 11.8. The molecule has 1 aliphatic rings. The fourth-order valence-electron chi connectivity index (χ4n) is 2.45. The van der Waals surface area contributed by atoms with Crippen molar-refractivity contribution in [1.29, 1.82) is 0 Å². The van der Waals surface area contributed by atoms with E-state index < -0.39 is 0 Å². The van der Waals surface area contributed by atoms with Crippen LogP contribution in [-0.4, -0.2) is 30.3 Å². The Labute approximate surface area is 115 Å². The van der Waals surface area contributed by atoms with Crippen LogP contribution in [0.3, 0.4) is 0 Å². The van der Waals surface area contributed by atoms with Gasteiger partial charge in [-0.05, 0) is 50.7 Å². The van der Waals surface area contributed by atoms with E-state index in [4.69, 9.17) is 10.5 Å². The number of ether oxygens (including phenoxy) is 1. The fourth-order valence-corrected chi connectivity index (χ4v) is 2.45. The largest absolute Gasteiger partial charge is 0.378 e. The van der Waals surface area contributed by atoms with Crippen molar-refractivity contribution in [2.24, 2.45) is 5.73 Å². The number of anilines is 1. The molecule has 0 unspecified atom stereocenters. The number of rotatable bonds is 6. The van der Waals surface area contributed by atoms with Gasteiger partial charge in [0.1, 0.15) is 5.82 Å². The number of nitrogens with two attached hydrogens (primary N) is 1. The minimum atomic E-state index is 0.397. The van der Waals surface area contributed by atoms with Gasteiger partial charge >= 0.3 is 0 Å². The zero-order valence-corrected chi connectivity index (χ0v) is 11.8. The number of aryl methyl sites for hydroxylation is 1. The monoisotopic (exact) mass is 263 g/mol. The quantitative estimate of drug-likeness (QED) is 0.774. The van der Waals surface area contributed by atoms with E-state index in [0.29, 0.717) is 12.1 Å². The van der Waals surface area contributed by atoms with Gasteiger partial charge in [-0.1, -0.05) is 6.07 Å². The molecule has 1 aromatic heterocycles. The van der Waals surface area contributed by atoms with Crippen molar-refractivity contribution in [1.82, 2.24) is 4.98 Å². The molecule has 4 heteroatoms. The maximum Gasteiger partial charge on any atom is 0.128 e. The topological polar surface area (TPSA) is 60.2 Å². The highest BCUT2D eigenvalue weighted by Crippen LogP contribution is 2.19. The third-order valence-electron chi connectivity index (χ3n) is 3.70.